The molecule has 8 aromatic carbocycles. The molecule has 0 amide bonds. The average molecular weight is 1270 g/mol. The maximum atomic E-state index is 4.82. The summed E-state index contributed by atoms with van der Waals surface area (Å²) in [6.07, 6.45) is 9.49. The molecule has 0 aliphatic rings. The first-order valence-electron chi connectivity index (χ1n) is 35.5. The summed E-state index contributed by atoms with van der Waals surface area (Å²) in [5.74, 6) is 1.27. The number of hydrogen-bond donors (Lipinski definition) is 0. The minimum Gasteiger partial charge on any atom is -0.0985 e. The molecule has 96 heavy (non-hydrogen) atoms. The Balaban J connectivity index is 0.000000453. The Labute approximate surface area is 588 Å². The van der Waals surface area contributed by atoms with Crippen LogP contribution in [0.25, 0.3) is 12.2 Å². The van der Waals surface area contributed by atoms with Gasteiger partial charge in [0, 0.05) is 46.4 Å². The van der Waals surface area contributed by atoms with Gasteiger partial charge in [-0.3, -0.25) is 0 Å². The van der Waals surface area contributed by atoms with Crippen LogP contribution >= 0.6 is 0 Å². The molecule has 8 aromatic rings. The van der Waals surface area contributed by atoms with Gasteiger partial charge in [0.05, 0.1) is 61.8 Å². The van der Waals surface area contributed by atoms with Crippen molar-refractivity contribution in [3.63, 3.8) is 0 Å². The third-order valence-corrected chi connectivity index (χ3v) is 21.4. The van der Waals surface area contributed by atoms with Crippen molar-refractivity contribution in [2.75, 3.05) is 0 Å². The zero-order valence-corrected chi connectivity index (χ0v) is 62.4. The van der Waals surface area contributed by atoms with E-state index in [1.165, 1.54) is 77.9 Å². The topological polar surface area (TPSA) is 0 Å². The maximum absolute atomic E-state index is 4.82. The largest absolute Gasteiger partial charge is 0.125 e. The molecule has 496 valence electrons. The summed E-state index contributed by atoms with van der Waals surface area (Å²) in [7, 11) is 0. The van der Waals surface area contributed by atoms with Crippen LogP contribution in [0.15, 0.2) is 207 Å². The molecule has 6 unspecified atom stereocenters. The highest BCUT2D eigenvalue weighted by Crippen LogP contribution is 2.49. The minimum atomic E-state index is -0.147. The van der Waals surface area contributed by atoms with Gasteiger partial charge in [0.2, 0.25) is 0 Å². The third kappa shape index (κ3) is 19.3. The monoisotopic (exact) mass is 1270 g/mol. The van der Waals surface area contributed by atoms with Gasteiger partial charge in [-0.2, -0.15) is 0 Å². The fourth-order valence-corrected chi connectivity index (χ4v) is 14.4. The molecular formula is C96H120+8. The van der Waals surface area contributed by atoms with Crippen LogP contribution in [0.2, 0.25) is 0 Å². The van der Waals surface area contributed by atoms with Gasteiger partial charge in [0.15, 0.2) is 0 Å². The van der Waals surface area contributed by atoms with Gasteiger partial charge in [-0.15, -0.1) is 0 Å². The van der Waals surface area contributed by atoms with E-state index in [-0.39, 0.29) is 78.8 Å². The summed E-state index contributed by atoms with van der Waals surface area (Å²) >= 11 is 0. The molecule has 6 atom stereocenters. The zero-order chi connectivity index (χ0) is 71.0. The van der Waals surface area contributed by atoms with Crippen molar-refractivity contribution in [2.45, 2.75) is 228 Å². The van der Waals surface area contributed by atoms with E-state index >= 15 is 0 Å². The number of benzene rings is 8. The van der Waals surface area contributed by atoms with E-state index in [2.05, 4.69) is 360 Å². The van der Waals surface area contributed by atoms with Crippen molar-refractivity contribution in [1.82, 2.24) is 0 Å². The molecule has 0 radical (unpaired) electrons. The predicted octanol–water partition coefficient (Wildman–Crippen LogP) is 26.6. The van der Waals surface area contributed by atoms with E-state index < -0.39 is 0 Å². The van der Waals surface area contributed by atoms with Crippen LogP contribution in [-0.4, -0.2) is 0 Å². The lowest BCUT2D eigenvalue weighted by molar-refractivity contribution is 0.365. The Morgan fingerprint density at radius 2 is 0.542 bits per heavy atom. The molecule has 0 N–H and O–H groups in total. The summed E-state index contributed by atoms with van der Waals surface area (Å²) < 4.78 is 0. The molecular weight excluding hydrogens is 1150 g/mol. The van der Waals surface area contributed by atoms with Crippen LogP contribution in [-0.2, 0) is 43.3 Å². The number of hydrogen-bond acceptors (Lipinski definition) is 0. The van der Waals surface area contributed by atoms with Gasteiger partial charge >= 0.3 is 0 Å². The zero-order valence-electron chi connectivity index (χ0n) is 62.4. The van der Waals surface area contributed by atoms with Gasteiger partial charge in [-0.25, -0.2) is 0 Å². The Morgan fingerprint density at radius 1 is 0.292 bits per heavy atom. The molecule has 0 nitrogen and oxygen atoms in total. The highest BCUT2D eigenvalue weighted by Gasteiger charge is 2.38. The second-order valence-corrected chi connectivity index (χ2v) is 33.6. The normalized spacial score (nSPS) is 14.7. The van der Waals surface area contributed by atoms with Crippen molar-refractivity contribution >= 4 is 12.2 Å². The molecule has 0 bridgehead atoms. The molecule has 0 saturated carbocycles. The molecule has 0 spiro atoms. The first-order valence-corrected chi connectivity index (χ1v) is 35.5. The third-order valence-electron chi connectivity index (χ3n) is 21.4. The SMILES string of the molecule is C=Cc1ccc(C(C)(C)CC([CH2+])c2ccc(C([CH2+])(C)C)cc2)cc1.C=Cc1ccc(C(C)(C)CC(c2ccc(C(C)(C)CC([CH2+])c3ccc(C([CH2+])(C)C)cc3)cc2)C(CCC([CH2+])c2ccc(C([CH2+])(C)C)cc2)c2ccc(C(C)(C)C(C[CH2+])c3ccc(C([CH2+])(C)C)cc3)cc2)cc1. The lowest BCUT2D eigenvalue weighted by atomic mass is 9.66. The Morgan fingerprint density at radius 3 is 0.844 bits per heavy atom. The smallest absolute Gasteiger partial charge is 0.0985 e. The fourth-order valence-electron chi connectivity index (χ4n) is 14.4. The van der Waals surface area contributed by atoms with Crippen LogP contribution in [0.1, 0.15) is 274 Å². The van der Waals surface area contributed by atoms with Crippen LogP contribution < -0.4 is 0 Å². The van der Waals surface area contributed by atoms with Crippen LogP contribution in [0, 0.1) is 55.4 Å². The quantitative estimate of drug-likeness (QED) is 0.0429. The Bertz CT molecular complexity index is 3700. The molecule has 0 heteroatoms. The summed E-state index contributed by atoms with van der Waals surface area (Å²) in [6.45, 7) is 79.9. The number of rotatable bonds is 28. The lowest BCUT2D eigenvalue weighted by Gasteiger charge is -2.37. The molecule has 0 fully saturated rings. The summed E-state index contributed by atoms with van der Waals surface area (Å²) in [4.78, 5) is 0. The lowest BCUT2D eigenvalue weighted by Crippen LogP contribution is -2.27. The molecule has 0 aliphatic heterocycles. The van der Waals surface area contributed by atoms with Gasteiger partial charge < -0.3 is 0 Å². The van der Waals surface area contributed by atoms with Crippen molar-refractivity contribution in [3.8, 4) is 0 Å². The van der Waals surface area contributed by atoms with Crippen LogP contribution in [0.4, 0.5) is 0 Å². The molecule has 0 heterocycles. The second kappa shape index (κ2) is 30.3. The van der Waals surface area contributed by atoms with Crippen LogP contribution in [0.3, 0.4) is 0 Å². The van der Waals surface area contributed by atoms with Crippen LogP contribution in [0.5, 0.6) is 0 Å². The second-order valence-electron chi connectivity index (χ2n) is 33.6. The predicted molar refractivity (Wildman–Crippen MR) is 423 cm³/mol. The molecule has 8 rings (SSSR count). The maximum Gasteiger partial charge on any atom is 0.125 e. The van der Waals surface area contributed by atoms with Crippen molar-refractivity contribution in [3.05, 3.63) is 352 Å². The van der Waals surface area contributed by atoms with Gasteiger partial charge in [0.25, 0.3) is 0 Å². The van der Waals surface area contributed by atoms with Crippen molar-refractivity contribution < 1.29 is 0 Å². The first kappa shape index (κ1) is 75.6. The van der Waals surface area contributed by atoms with E-state index in [0.29, 0.717) is 0 Å². The Kier molecular flexibility index (Phi) is 23.9. The van der Waals surface area contributed by atoms with E-state index in [4.69, 9.17) is 13.8 Å². The summed E-state index contributed by atoms with van der Waals surface area (Å²) in [6, 6.07) is 73.1. The standard InChI is InChI=1S/C72H90.C24H30/c1-20-52-23-35-61(36-24-52)71(16,17)49-65(56-29-43-62(44-30-56)70(14,15)48-51(4)54-27-39-59(40-28-54)68(8,9)10)64(47-22-50(3)53-25-37-58(38-26-53)67(5,6)7)55-31-45-63(46-32-55)72(18,19)66(21-2)57-33-41-60(42-34-57)69(11,12)13;1-8-19-9-13-22(14-10-19)24(6,7)17-18(2)20-11-15-21(16-12-20)23(3,4)5/h20,23-46,50-51,64-66H,1-5,8,11,21-22,47-49H2,6-7,9-10,12-19H3;8-16,18H,1-3,17H2,4-7H3/q+6;+2. The summed E-state index contributed by atoms with van der Waals surface area (Å²) in [5, 5.41) is 0. The first-order chi connectivity index (χ1) is 44.7. The fraction of sp³-hybridized carbons (Fsp3) is 0.375. The highest BCUT2D eigenvalue weighted by atomic mass is 14.4. The average Bonchev–Trinajstić information content (AvgIpc) is 0.794. The van der Waals surface area contributed by atoms with E-state index in [0.717, 1.165) is 49.7 Å². The van der Waals surface area contributed by atoms with Gasteiger partial charge in [-0.05, 0) is 169 Å². The minimum absolute atomic E-state index is 0.0542. The van der Waals surface area contributed by atoms with Crippen molar-refractivity contribution in [1.29, 1.82) is 0 Å². The highest BCUT2D eigenvalue weighted by molar-refractivity contribution is 5.50. The molecule has 0 aromatic heterocycles. The van der Waals surface area contributed by atoms with Gasteiger partial charge in [0.1, 0.15) is 39.4 Å². The summed E-state index contributed by atoms with van der Waals surface area (Å²) in [5.41, 5.74) is 19.8. The van der Waals surface area contributed by atoms with Gasteiger partial charge in [-0.1, -0.05) is 275 Å². The Hall–Kier alpha value is -7.80. The van der Waals surface area contributed by atoms with E-state index in [1.54, 1.807) is 0 Å². The van der Waals surface area contributed by atoms with Crippen molar-refractivity contribution in [2.24, 2.45) is 0 Å². The van der Waals surface area contributed by atoms with E-state index in [9.17, 15) is 0 Å². The molecule has 0 saturated heterocycles. The van der Waals surface area contributed by atoms with E-state index in [1.807, 2.05) is 12.2 Å². The molecule has 0 aliphatic carbocycles.